The van der Waals surface area contributed by atoms with E-state index in [4.69, 9.17) is 9.16 Å². The monoisotopic (exact) mass is 203 g/mol. The van der Waals surface area contributed by atoms with Crippen molar-refractivity contribution < 1.29 is 9.16 Å². The summed E-state index contributed by atoms with van der Waals surface area (Å²) < 4.78 is 11.5. The molecule has 0 aromatic rings. The molecular weight excluding hydrogens is 182 g/mol. The van der Waals surface area contributed by atoms with Gasteiger partial charge in [-0.15, -0.1) is 0 Å². The molecule has 0 bridgehead atoms. The first-order chi connectivity index (χ1) is 5.97. The van der Waals surface area contributed by atoms with Gasteiger partial charge >= 0.3 is 0 Å². The van der Waals surface area contributed by atoms with Gasteiger partial charge in [-0.05, 0) is 26.6 Å². The minimum absolute atomic E-state index is 0.246. The molecule has 0 aromatic carbocycles. The maximum absolute atomic E-state index is 5.79. The molecule has 13 heavy (non-hydrogen) atoms. The Morgan fingerprint density at radius 3 is 2.62 bits per heavy atom. The largest absolute Gasteiger partial charge is 0.415 e. The summed E-state index contributed by atoms with van der Waals surface area (Å²) in [5, 5.41) is 3.33. The molecule has 4 heteroatoms. The molecule has 1 heterocycles. The Bertz CT molecular complexity index is 158. The van der Waals surface area contributed by atoms with E-state index in [-0.39, 0.29) is 6.10 Å². The van der Waals surface area contributed by atoms with E-state index < -0.39 is 8.32 Å². The van der Waals surface area contributed by atoms with E-state index >= 15 is 0 Å². The highest BCUT2D eigenvalue weighted by atomic mass is 28.4. The standard InChI is InChI=1S/C9H21NO2Si/c1-8-5-10-6-9(12-8)7-11-13(2,3)4/h8-10H,5-7H2,1-4H3. The lowest BCUT2D eigenvalue weighted by atomic mass is 10.3. The van der Waals surface area contributed by atoms with Crippen LogP contribution >= 0.6 is 0 Å². The summed E-state index contributed by atoms with van der Waals surface area (Å²) in [6.07, 6.45) is 0.569. The van der Waals surface area contributed by atoms with Crippen LogP contribution in [-0.2, 0) is 9.16 Å². The minimum atomic E-state index is -1.37. The molecule has 1 aliphatic rings. The van der Waals surface area contributed by atoms with Crippen molar-refractivity contribution >= 4 is 8.32 Å². The van der Waals surface area contributed by atoms with Crippen molar-refractivity contribution in [2.24, 2.45) is 0 Å². The van der Waals surface area contributed by atoms with Gasteiger partial charge in [-0.2, -0.15) is 0 Å². The van der Waals surface area contributed by atoms with Crippen molar-refractivity contribution in [2.75, 3.05) is 19.7 Å². The highest BCUT2D eigenvalue weighted by Crippen LogP contribution is 2.08. The molecule has 1 aliphatic heterocycles. The third-order valence-corrected chi connectivity index (χ3v) is 2.96. The van der Waals surface area contributed by atoms with Crippen molar-refractivity contribution in [1.82, 2.24) is 5.32 Å². The predicted octanol–water partition coefficient (Wildman–Crippen LogP) is 1.21. The fourth-order valence-corrected chi connectivity index (χ4v) is 2.00. The molecule has 78 valence electrons. The van der Waals surface area contributed by atoms with Crippen LogP contribution in [0.3, 0.4) is 0 Å². The summed E-state index contributed by atoms with van der Waals surface area (Å²) in [6, 6.07) is 0. The number of nitrogens with one attached hydrogen (secondary N) is 1. The Hall–Kier alpha value is 0.0969. The second-order valence-corrected chi connectivity index (χ2v) is 9.16. The minimum Gasteiger partial charge on any atom is -0.415 e. The molecule has 3 nitrogen and oxygen atoms in total. The lowest BCUT2D eigenvalue weighted by Gasteiger charge is -2.30. The fraction of sp³-hybridized carbons (Fsp3) is 1.00. The van der Waals surface area contributed by atoms with Crippen molar-refractivity contribution in [3.8, 4) is 0 Å². The molecule has 2 unspecified atom stereocenters. The van der Waals surface area contributed by atoms with Crippen LogP contribution in [-0.4, -0.2) is 40.2 Å². The first-order valence-electron chi connectivity index (χ1n) is 4.97. The van der Waals surface area contributed by atoms with Crippen LogP contribution in [0.1, 0.15) is 6.92 Å². The Labute approximate surface area is 81.9 Å². The van der Waals surface area contributed by atoms with Crippen molar-refractivity contribution in [3.05, 3.63) is 0 Å². The predicted molar refractivity (Wildman–Crippen MR) is 56.5 cm³/mol. The second-order valence-electron chi connectivity index (χ2n) is 4.65. The van der Waals surface area contributed by atoms with Gasteiger partial charge in [-0.1, -0.05) is 0 Å². The molecule has 1 saturated heterocycles. The smallest absolute Gasteiger partial charge is 0.183 e. The zero-order valence-corrected chi connectivity index (χ0v) is 10.1. The first kappa shape index (κ1) is 11.2. The summed E-state index contributed by atoms with van der Waals surface area (Å²) in [7, 11) is -1.37. The number of morpholine rings is 1. The quantitative estimate of drug-likeness (QED) is 0.700. The summed E-state index contributed by atoms with van der Waals surface area (Å²) in [5.74, 6) is 0. The molecule has 0 aromatic heterocycles. The zero-order valence-electron chi connectivity index (χ0n) is 9.09. The van der Waals surface area contributed by atoms with Crippen molar-refractivity contribution in [2.45, 2.75) is 38.8 Å². The van der Waals surface area contributed by atoms with Crippen molar-refractivity contribution in [3.63, 3.8) is 0 Å². The lowest BCUT2D eigenvalue weighted by molar-refractivity contribution is -0.0484. The molecule has 0 radical (unpaired) electrons. The van der Waals surface area contributed by atoms with Gasteiger partial charge in [0.2, 0.25) is 0 Å². The van der Waals surface area contributed by atoms with Crippen molar-refractivity contribution in [1.29, 1.82) is 0 Å². The molecular formula is C9H21NO2Si. The molecule has 1 rings (SSSR count). The molecule has 2 atom stereocenters. The second kappa shape index (κ2) is 4.55. The topological polar surface area (TPSA) is 30.5 Å². The van der Waals surface area contributed by atoms with Crippen LogP contribution in [0.4, 0.5) is 0 Å². The van der Waals surface area contributed by atoms with E-state index in [1.165, 1.54) is 0 Å². The van der Waals surface area contributed by atoms with Gasteiger partial charge in [-0.3, -0.25) is 0 Å². The Morgan fingerprint density at radius 1 is 1.38 bits per heavy atom. The SMILES string of the molecule is CC1CNCC(CO[Si](C)(C)C)O1. The lowest BCUT2D eigenvalue weighted by Crippen LogP contribution is -2.46. The Morgan fingerprint density at radius 2 is 2.08 bits per heavy atom. The summed E-state index contributed by atoms with van der Waals surface area (Å²) in [4.78, 5) is 0. The molecule has 1 fully saturated rings. The zero-order chi connectivity index (χ0) is 9.90. The molecule has 0 saturated carbocycles. The molecule has 1 N–H and O–H groups in total. The van der Waals surface area contributed by atoms with Crippen LogP contribution in [0, 0.1) is 0 Å². The summed E-state index contributed by atoms with van der Waals surface area (Å²) in [6.45, 7) is 11.3. The normalized spacial score (nSPS) is 30.5. The van der Waals surface area contributed by atoms with Gasteiger partial charge in [0.15, 0.2) is 8.32 Å². The van der Waals surface area contributed by atoms with Gasteiger partial charge in [0.1, 0.15) is 0 Å². The van der Waals surface area contributed by atoms with Crippen LogP contribution in [0.25, 0.3) is 0 Å². The van der Waals surface area contributed by atoms with E-state index in [1.54, 1.807) is 0 Å². The Balaban J connectivity index is 2.21. The third-order valence-electron chi connectivity index (χ3n) is 1.93. The van der Waals surface area contributed by atoms with Crippen LogP contribution in [0.2, 0.25) is 19.6 Å². The van der Waals surface area contributed by atoms with E-state index in [9.17, 15) is 0 Å². The molecule has 0 spiro atoms. The number of hydrogen-bond acceptors (Lipinski definition) is 3. The molecule has 0 aliphatic carbocycles. The van der Waals surface area contributed by atoms with Gasteiger partial charge in [0, 0.05) is 13.1 Å². The van der Waals surface area contributed by atoms with Gasteiger partial charge < -0.3 is 14.5 Å². The average molecular weight is 203 g/mol. The van der Waals surface area contributed by atoms with Crippen LogP contribution < -0.4 is 5.32 Å². The summed E-state index contributed by atoms with van der Waals surface area (Å²) in [5.41, 5.74) is 0. The van der Waals surface area contributed by atoms with E-state index in [2.05, 4.69) is 31.9 Å². The van der Waals surface area contributed by atoms with Gasteiger partial charge in [-0.25, -0.2) is 0 Å². The first-order valence-corrected chi connectivity index (χ1v) is 8.38. The van der Waals surface area contributed by atoms with Crippen LogP contribution in [0.15, 0.2) is 0 Å². The van der Waals surface area contributed by atoms with Crippen LogP contribution in [0.5, 0.6) is 0 Å². The van der Waals surface area contributed by atoms with Gasteiger partial charge in [0.05, 0.1) is 18.8 Å². The number of ether oxygens (including phenoxy) is 1. The van der Waals surface area contributed by atoms with E-state index in [0.717, 1.165) is 19.7 Å². The fourth-order valence-electron chi connectivity index (χ4n) is 1.31. The number of hydrogen-bond donors (Lipinski definition) is 1. The molecule has 0 amide bonds. The van der Waals surface area contributed by atoms with Gasteiger partial charge in [0.25, 0.3) is 0 Å². The average Bonchev–Trinajstić information content (AvgIpc) is 2.00. The van der Waals surface area contributed by atoms with E-state index in [0.29, 0.717) is 6.10 Å². The number of rotatable bonds is 3. The highest BCUT2D eigenvalue weighted by Gasteiger charge is 2.22. The van der Waals surface area contributed by atoms with E-state index in [1.807, 2.05) is 0 Å². The maximum Gasteiger partial charge on any atom is 0.183 e. The third kappa shape index (κ3) is 4.76. The summed E-state index contributed by atoms with van der Waals surface area (Å²) >= 11 is 0. The highest BCUT2D eigenvalue weighted by molar-refractivity contribution is 6.69. The Kier molecular flexibility index (Phi) is 3.91. The maximum atomic E-state index is 5.79.